The van der Waals surface area contributed by atoms with Crippen molar-refractivity contribution in [3.8, 4) is 0 Å². The second-order valence-corrected chi connectivity index (χ2v) is 8.78. The molecule has 2 aliphatic rings. The summed E-state index contributed by atoms with van der Waals surface area (Å²) in [5.41, 5.74) is 10.6. The number of nitrogens with one attached hydrogen (secondary N) is 1. The van der Waals surface area contributed by atoms with Crippen LogP contribution in [0.25, 0.3) is 0 Å². The molecule has 6 N–H and O–H groups in total. The first-order valence-electron chi connectivity index (χ1n) is 8.73. The average Bonchev–Trinajstić information content (AvgIpc) is 3.21. The van der Waals surface area contributed by atoms with E-state index in [0.717, 1.165) is 16.2 Å². The lowest BCUT2D eigenvalue weighted by Gasteiger charge is -2.30. The van der Waals surface area contributed by atoms with Crippen molar-refractivity contribution >= 4 is 45.5 Å². The molecule has 1 fully saturated rings. The highest BCUT2D eigenvalue weighted by molar-refractivity contribution is 7.80. The van der Waals surface area contributed by atoms with Gasteiger partial charge in [0.05, 0.1) is 23.7 Å². The molecule has 2 atom stereocenters. The number of urea groups is 1. The van der Waals surface area contributed by atoms with E-state index < -0.39 is 40.3 Å². The molecule has 4 amide bonds. The van der Waals surface area contributed by atoms with Crippen molar-refractivity contribution in [1.82, 2.24) is 25.2 Å². The van der Waals surface area contributed by atoms with E-state index in [2.05, 4.69) is 19.6 Å². The van der Waals surface area contributed by atoms with Gasteiger partial charge in [-0.1, -0.05) is 0 Å². The second kappa shape index (κ2) is 8.25. The fourth-order valence-corrected chi connectivity index (χ4v) is 4.59. The number of carbonyl (C=O) groups is 3. The van der Waals surface area contributed by atoms with Gasteiger partial charge in [-0.05, 0) is 0 Å². The Kier molecular flexibility index (Phi) is 6.03. The number of nitrogens with two attached hydrogens (primary N) is 2. The molecular weight excluding hydrogens is 456 g/mol. The number of carbonyl (C=O) groups excluding carboxylic acids is 3. The Hall–Kier alpha value is -3.02. The minimum atomic E-state index is -5.01. The smallest absolute Gasteiger partial charge is 0.370 e. The lowest BCUT2D eigenvalue weighted by atomic mass is 10.0. The summed E-state index contributed by atoms with van der Waals surface area (Å²) in [6.45, 7) is 0.161. The number of nitrogens with zero attached hydrogens (tertiary/aromatic N) is 5. The second-order valence-electron chi connectivity index (χ2n) is 6.74. The summed E-state index contributed by atoms with van der Waals surface area (Å²) >= 11 is 0.876. The van der Waals surface area contributed by atoms with Gasteiger partial charge in [0.15, 0.2) is 17.0 Å². The summed E-state index contributed by atoms with van der Waals surface area (Å²) in [6.07, 6.45) is 0. The van der Waals surface area contributed by atoms with Crippen LogP contribution in [0.2, 0.25) is 0 Å². The van der Waals surface area contributed by atoms with Crippen LogP contribution in [0.4, 0.5) is 4.79 Å². The Morgan fingerprint density at radius 1 is 1.42 bits per heavy atom. The van der Waals surface area contributed by atoms with Crippen LogP contribution in [0.1, 0.15) is 32.5 Å². The molecule has 1 aromatic heterocycles. The summed E-state index contributed by atoms with van der Waals surface area (Å²) in [7, 11) is -2.06. The molecule has 0 aliphatic carbocycles. The number of aromatic nitrogens is 1. The van der Waals surface area contributed by atoms with Crippen molar-refractivity contribution in [3.05, 3.63) is 15.6 Å². The lowest BCUT2D eigenvalue weighted by Crippen LogP contribution is -2.43. The summed E-state index contributed by atoms with van der Waals surface area (Å²) in [5, 5.41) is 3.01. The zero-order valence-electron chi connectivity index (χ0n) is 16.4. The lowest BCUT2D eigenvalue weighted by molar-refractivity contribution is -0.133. The number of amides is 4. The fourth-order valence-electron chi connectivity index (χ4n) is 3.14. The van der Waals surface area contributed by atoms with Crippen LogP contribution in [0.5, 0.6) is 0 Å². The van der Waals surface area contributed by atoms with Crippen molar-refractivity contribution in [3.63, 3.8) is 0 Å². The molecule has 0 saturated carbocycles. The quantitative estimate of drug-likeness (QED) is 0.144. The molecular formula is C14H20N8O7S2. The molecule has 3 rings (SSSR count). The third-order valence-corrected chi connectivity index (χ3v) is 5.90. The SMILES string of the molecule is CN(C)C(=O)[C@@H]1c2nc(C(=O)NCCN=C(N)N)sc2C2CN1C(=O)N2OS(=O)(=O)O. The monoisotopic (exact) mass is 476 g/mol. The predicted molar refractivity (Wildman–Crippen MR) is 106 cm³/mol. The van der Waals surface area contributed by atoms with Crippen molar-refractivity contribution in [2.75, 3.05) is 33.7 Å². The van der Waals surface area contributed by atoms with E-state index in [9.17, 15) is 22.8 Å². The van der Waals surface area contributed by atoms with E-state index in [1.807, 2.05) is 0 Å². The first-order chi connectivity index (χ1) is 14.4. The van der Waals surface area contributed by atoms with Crippen LogP contribution in [0.15, 0.2) is 4.99 Å². The molecule has 15 nitrogen and oxygen atoms in total. The first-order valence-corrected chi connectivity index (χ1v) is 10.9. The average molecular weight is 476 g/mol. The van der Waals surface area contributed by atoms with Gasteiger partial charge in [0, 0.05) is 20.6 Å². The highest BCUT2D eigenvalue weighted by Crippen LogP contribution is 2.46. The number of aliphatic imine (C=N–C) groups is 1. The van der Waals surface area contributed by atoms with E-state index in [-0.39, 0.29) is 36.3 Å². The Morgan fingerprint density at radius 2 is 2.10 bits per heavy atom. The van der Waals surface area contributed by atoms with E-state index in [4.69, 9.17) is 16.0 Å². The maximum absolute atomic E-state index is 12.8. The van der Waals surface area contributed by atoms with Gasteiger partial charge < -0.3 is 26.6 Å². The van der Waals surface area contributed by atoms with Gasteiger partial charge in [0.1, 0.15) is 6.04 Å². The minimum Gasteiger partial charge on any atom is -0.370 e. The zero-order valence-corrected chi connectivity index (χ0v) is 18.0. The van der Waals surface area contributed by atoms with E-state index in [1.165, 1.54) is 19.0 Å². The largest absolute Gasteiger partial charge is 0.418 e. The van der Waals surface area contributed by atoms with Crippen molar-refractivity contribution < 1.29 is 31.6 Å². The van der Waals surface area contributed by atoms with E-state index >= 15 is 0 Å². The highest BCUT2D eigenvalue weighted by atomic mass is 32.3. The Morgan fingerprint density at radius 3 is 2.68 bits per heavy atom. The molecule has 31 heavy (non-hydrogen) atoms. The predicted octanol–water partition coefficient (Wildman–Crippen LogP) is -2.20. The molecule has 2 bridgehead atoms. The van der Waals surface area contributed by atoms with Gasteiger partial charge in [-0.2, -0.15) is 13.5 Å². The number of fused-ring (bicyclic) bond motifs is 4. The molecule has 0 aromatic carbocycles. The van der Waals surface area contributed by atoms with Crippen LogP contribution >= 0.6 is 11.3 Å². The van der Waals surface area contributed by atoms with Crippen LogP contribution in [-0.2, 0) is 19.5 Å². The number of hydrogen-bond donors (Lipinski definition) is 4. The van der Waals surface area contributed by atoms with E-state index in [1.54, 1.807) is 0 Å². The third-order valence-electron chi connectivity index (χ3n) is 4.38. The van der Waals surface area contributed by atoms with Crippen LogP contribution in [0, 0.1) is 0 Å². The summed E-state index contributed by atoms with van der Waals surface area (Å²) in [4.78, 5) is 48.5. The van der Waals surface area contributed by atoms with Gasteiger partial charge in [-0.3, -0.25) is 19.1 Å². The number of guanidine groups is 1. The third kappa shape index (κ3) is 4.53. The number of thiazole rings is 1. The highest BCUT2D eigenvalue weighted by Gasteiger charge is 2.54. The molecule has 170 valence electrons. The van der Waals surface area contributed by atoms with Crippen LogP contribution < -0.4 is 16.8 Å². The Labute approximate surface area is 180 Å². The first kappa shape index (κ1) is 22.7. The summed E-state index contributed by atoms with van der Waals surface area (Å²) in [5.74, 6) is -1.20. The maximum atomic E-state index is 12.8. The Balaban J connectivity index is 1.95. The number of hydroxylamine groups is 2. The maximum Gasteiger partial charge on any atom is 0.418 e. The summed E-state index contributed by atoms with van der Waals surface area (Å²) < 4.78 is 35.9. The van der Waals surface area contributed by atoms with Gasteiger partial charge in [-0.25, -0.2) is 9.78 Å². The molecule has 2 aliphatic heterocycles. The summed E-state index contributed by atoms with van der Waals surface area (Å²) in [6, 6.07) is -3.12. The van der Waals surface area contributed by atoms with Gasteiger partial charge in [0.2, 0.25) is 0 Å². The molecule has 0 spiro atoms. The van der Waals surface area contributed by atoms with Crippen molar-refractivity contribution in [2.45, 2.75) is 12.1 Å². The number of rotatable bonds is 7. The Bertz CT molecular complexity index is 1050. The minimum absolute atomic E-state index is 0.0146. The molecule has 17 heteroatoms. The van der Waals surface area contributed by atoms with E-state index in [0.29, 0.717) is 9.94 Å². The number of likely N-dealkylation sites (N-methyl/N-ethyl adjacent to an activating group) is 1. The van der Waals surface area contributed by atoms with Gasteiger partial charge in [0.25, 0.3) is 11.8 Å². The van der Waals surface area contributed by atoms with Gasteiger partial charge in [-0.15, -0.1) is 15.6 Å². The van der Waals surface area contributed by atoms with Crippen molar-refractivity contribution in [2.24, 2.45) is 16.5 Å². The molecule has 3 heterocycles. The molecule has 1 aromatic rings. The van der Waals surface area contributed by atoms with Crippen LogP contribution in [-0.4, -0.2) is 90.4 Å². The standard InChI is InChI=1S/C14H20N8O7S2/c1-20(2)12(24)8-7-9(6-5-21(8)14(25)22(6)29-31(26,27)28)30-11(19-7)10(23)17-3-4-18-13(15)16/h6,8H,3-5H2,1-2H3,(H,17,23)(H4,15,16,18)(H,26,27,28)/t6?,8-/m0/s1. The van der Waals surface area contributed by atoms with Crippen molar-refractivity contribution in [1.29, 1.82) is 0 Å². The zero-order chi connectivity index (χ0) is 23.1. The normalized spacial score (nSPS) is 19.8. The molecule has 0 radical (unpaired) electrons. The fraction of sp³-hybridized carbons (Fsp3) is 0.500. The number of hydrogen-bond acceptors (Lipinski definition) is 9. The topological polar surface area (TPSA) is 214 Å². The molecule has 1 saturated heterocycles. The molecule has 1 unspecified atom stereocenters. The van der Waals surface area contributed by atoms with Gasteiger partial charge >= 0.3 is 16.4 Å². The van der Waals surface area contributed by atoms with Crippen LogP contribution in [0.3, 0.4) is 0 Å².